The number of fused-ring (bicyclic) bond motifs is 1. The largest absolute Gasteiger partial charge is 0.384 e. The molecule has 130 valence electrons. The SMILES string of the molecule is CC1=NS(=O)(=O)NC(C)=C1CC(=O)Nc1ccc2c(c1)CCN2.Cl. The molecule has 0 aliphatic carbocycles. The topological polar surface area (TPSA) is 99.7 Å². The normalized spacial score (nSPS) is 17.8. The van der Waals surface area contributed by atoms with Gasteiger partial charge in [0, 0.05) is 29.2 Å². The number of halogens is 1. The summed E-state index contributed by atoms with van der Waals surface area (Å²) in [6, 6.07) is 5.75. The number of rotatable bonds is 3. The van der Waals surface area contributed by atoms with E-state index in [9.17, 15) is 13.2 Å². The second-order valence-corrected chi connectivity index (χ2v) is 6.97. The predicted octanol–water partition coefficient (Wildman–Crippen LogP) is 1.99. The van der Waals surface area contributed by atoms with Gasteiger partial charge in [-0.15, -0.1) is 16.8 Å². The van der Waals surface area contributed by atoms with E-state index >= 15 is 0 Å². The lowest BCUT2D eigenvalue weighted by molar-refractivity contribution is -0.115. The molecule has 7 nitrogen and oxygen atoms in total. The van der Waals surface area contributed by atoms with Gasteiger partial charge < -0.3 is 10.6 Å². The molecular weight excluding hydrogens is 352 g/mol. The Morgan fingerprint density at radius 2 is 2.08 bits per heavy atom. The fraction of sp³-hybridized carbons (Fsp3) is 0.333. The van der Waals surface area contributed by atoms with E-state index in [1.165, 1.54) is 5.56 Å². The number of anilines is 2. The number of benzene rings is 1. The Morgan fingerprint density at radius 1 is 1.33 bits per heavy atom. The molecule has 9 heteroatoms. The van der Waals surface area contributed by atoms with Crippen molar-refractivity contribution in [2.24, 2.45) is 4.40 Å². The van der Waals surface area contributed by atoms with Crippen molar-refractivity contribution in [3.63, 3.8) is 0 Å². The molecule has 0 aromatic heterocycles. The molecule has 0 unspecified atom stereocenters. The van der Waals surface area contributed by atoms with Crippen LogP contribution in [0.15, 0.2) is 33.9 Å². The quantitative estimate of drug-likeness (QED) is 0.757. The Kier molecular flexibility index (Phi) is 5.19. The van der Waals surface area contributed by atoms with Crippen LogP contribution in [0.4, 0.5) is 11.4 Å². The highest BCUT2D eigenvalue weighted by molar-refractivity contribution is 7.88. The summed E-state index contributed by atoms with van der Waals surface area (Å²) in [5.41, 5.74) is 4.40. The molecule has 2 aliphatic heterocycles. The first kappa shape index (κ1) is 18.3. The third-order valence-electron chi connectivity index (χ3n) is 3.86. The summed E-state index contributed by atoms with van der Waals surface area (Å²) >= 11 is 0. The summed E-state index contributed by atoms with van der Waals surface area (Å²) in [7, 11) is -3.67. The lowest BCUT2D eigenvalue weighted by Gasteiger charge is -2.17. The second-order valence-electron chi connectivity index (χ2n) is 5.63. The van der Waals surface area contributed by atoms with Crippen molar-refractivity contribution < 1.29 is 13.2 Å². The standard InChI is InChI=1S/C15H18N4O3S.ClH/c1-9-13(10(2)19-23(21,22)18-9)8-15(20)17-12-3-4-14-11(7-12)5-6-16-14;/h3-4,7,16,18H,5-6,8H2,1-2H3,(H,17,20);1H. The summed E-state index contributed by atoms with van der Waals surface area (Å²) in [5, 5.41) is 6.11. The monoisotopic (exact) mass is 370 g/mol. The minimum Gasteiger partial charge on any atom is -0.384 e. The van der Waals surface area contributed by atoms with Crippen LogP contribution in [0.25, 0.3) is 0 Å². The zero-order valence-electron chi connectivity index (χ0n) is 13.3. The maximum atomic E-state index is 12.2. The molecule has 0 atom stereocenters. The lowest BCUT2D eigenvalue weighted by Crippen LogP contribution is -2.29. The Hall–Kier alpha value is -2.06. The van der Waals surface area contributed by atoms with Gasteiger partial charge in [-0.1, -0.05) is 0 Å². The summed E-state index contributed by atoms with van der Waals surface area (Å²) in [5.74, 6) is -0.207. The molecule has 0 spiro atoms. The molecule has 1 amide bonds. The third kappa shape index (κ3) is 3.88. The van der Waals surface area contributed by atoms with Crippen LogP contribution in [0, 0.1) is 0 Å². The minimum atomic E-state index is -3.67. The Labute approximate surface area is 147 Å². The number of hydrogen-bond donors (Lipinski definition) is 3. The molecule has 0 saturated heterocycles. The van der Waals surface area contributed by atoms with Gasteiger partial charge in [-0.2, -0.15) is 8.42 Å². The van der Waals surface area contributed by atoms with Gasteiger partial charge >= 0.3 is 10.2 Å². The van der Waals surface area contributed by atoms with E-state index < -0.39 is 10.2 Å². The van der Waals surface area contributed by atoms with Gasteiger partial charge in [0.05, 0.1) is 12.1 Å². The number of carbonyl (C=O) groups is 1. The fourth-order valence-corrected chi connectivity index (χ4v) is 3.82. The number of carbonyl (C=O) groups excluding carboxylic acids is 1. The highest BCUT2D eigenvalue weighted by Crippen LogP contribution is 2.25. The number of nitrogens with zero attached hydrogens (tertiary/aromatic N) is 1. The van der Waals surface area contributed by atoms with Gasteiger partial charge in [0.15, 0.2) is 0 Å². The molecule has 1 aromatic rings. The molecule has 0 fully saturated rings. The van der Waals surface area contributed by atoms with E-state index in [1.807, 2.05) is 18.2 Å². The maximum absolute atomic E-state index is 12.2. The molecule has 24 heavy (non-hydrogen) atoms. The lowest BCUT2D eigenvalue weighted by atomic mass is 10.1. The average Bonchev–Trinajstić information content (AvgIpc) is 2.89. The number of hydrogen-bond acceptors (Lipinski definition) is 4. The highest BCUT2D eigenvalue weighted by Gasteiger charge is 2.22. The molecule has 1 aromatic carbocycles. The molecule has 3 N–H and O–H groups in total. The van der Waals surface area contributed by atoms with Crippen LogP contribution in [-0.4, -0.2) is 26.6 Å². The maximum Gasteiger partial charge on any atom is 0.342 e. The third-order valence-corrected chi connectivity index (χ3v) is 4.94. The second kappa shape index (κ2) is 6.82. The average molecular weight is 371 g/mol. The first-order chi connectivity index (χ1) is 10.8. The Morgan fingerprint density at radius 3 is 2.79 bits per heavy atom. The summed E-state index contributed by atoms with van der Waals surface area (Å²) in [6.45, 7) is 4.12. The van der Waals surface area contributed by atoms with Gasteiger partial charge in [-0.05, 0) is 44.0 Å². The number of allylic oxidation sites excluding steroid dienone is 1. The van der Waals surface area contributed by atoms with Crippen LogP contribution in [0.3, 0.4) is 0 Å². The summed E-state index contributed by atoms with van der Waals surface area (Å²) in [6.07, 6.45) is 1.01. The first-order valence-corrected chi connectivity index (χ1v) is 8.74. The van der Waals surface area contributed by atoms with Crippen molar-refractivity contribution in [1.82, 2.24) is 4.72 Å². The molecule has 0 radical (unpaired) electrons. The van der Waals surface area contributed by atoms with Crippen LogP contribution in [0.5, 0.6) is 0 Å². The van der Waals surface area contributed by atoms with Crippen molar-refractivity contribution in [3.05, 3.63) is 35.0 Å². The van der Waals surface area contributed by atoms with Crippen molar-refractivity contribution in [2.45, 2.75) is 26.7 Å². The Balaban J connectivity index is 0.00000208. The smallest absolute Gasteiger partial charge is 0.342 e. The van der Waals surface area contributed by atoms with Crippen molar-refractivity contribution in [1.29, 1.82) is 0 Å². The van der Waals surface area contributed by atoms with Gasteiger partial charge in [-0.3, -0.25) is 9.52 Å². The highest BCUT2D eigenvalue weighted by atomic mass is 35.5. The fourth-order valence-electron chi connectivity index (χ4n) is 2.79. The summed E-state index contributed by atoms with van der Waals surface area (Å²) in [4.78, 5) is 12.2. The summed E-state index contributed by atoms with van der Waals surface area (Å²) < 4.78 is 28.8. The number of nitrogens with one attached hydrogen (secondary N) is 3. The van der Waals surface area contributed by atoms with Crippen molar-refractivity contribution in [2.75, 3.05) is 17.2 Å². The van der Waals surface area contributed by atoms with E-state index in [1.54, 1.807) is 13.8 Å². The molecular formula is C15H19ClN4O3S. The zero-order chi connectivity index (χ0) is 16.6. The van der Waals surface area contributed by atoms with E-state index in [0.29, 0.717) is 17.0 Å². The van der Waals surface area contributed by atoms with Crippen molar-refractivity contribution in [3.8, 4) is 0 Å². The van der Waals surface area contributed by atoms with Gasteiger partial charge in [0.1, 0.15) is 0 Å². The molecule has 2 heterocycles. The Bertz CT molecular complexity index is 846. The number of amides is 1. The van der Waals surface area contributed by atoms with Gasteiger partial charge in [0.25, 0.3) is 0 Å². The van der Waals surface area contributed by atoms with E-state index in [2.05, 4.69) is 19.8 Å². The van der Waals surface area contributed by atoms with Crippen LogP contribution in [0.1, 0.15) is 25.8 Å². The van der Waals surface area contributed by atoms with Crippen LogP contribution < -0.4 is 15.4 Å². The van der Waals surface area contributed by atoms with Crippen molar-refractivity contribution >= 4 is 45.6 Å². The molecule has 2 aliphatic rings. The van der Waals surface area contributed by atoms with E-state index in [0.717, 1.165) is 24.3 Å². The zero-order valence-corrected chi connectivity index (χ0v) is 15.0. The van der Waals surface area contributed by atoms with E-state index in [-0.39, 0.29) is 24.7 Å². The molecule has 3 rings (SSSR count). The van der Waals surface area contributed by atoms with Gasteiger partial charge in [-0.25, -0.2) is 0 Å². The minimum absolute atomic E-state index is 0. The molecule has 0 saturated carbocycles. The van der Waals surface area contributed by atoms with Crippen LogP contribution >= 0.6 is 12.4 Å². The predicted molar refractivity (Wildman–Crippen MR) is 97.0 cm³/mol. The van der Waals surface area contributed by atoms with Gasteiger partial charge in [0.2, 0.25) is 5.91 Å². The van der Waals surface area contributed by atoms with Crippen LogP contribution in [-0.2, 0) is 21.4 Å². The molecule has 0 bridgehead atoms. The van der Waals surface area contributed by atoms with E-state index in [4.69, 9.17) is 0 Å². The van der Waals surface area contributed by atoms with Crippen LogP contribution in [0.2, 0.25) is 0 Å². The first-order valence-electron chi connectivity index (χ1n) is 7.30.